The molecular formula is C7H11N3. The predicted octanol–water partition coefficient (Wildman–Crippen LogP) is 0.892. The van der Waals surface area contributed by atoms with Crippen LogP contribution >= 0.6 is 0 Å². The summed E-state index contributed by atoms with van der Waals surface area (Å²) >= 11 is 0. The highest BCUT2D eigenvalue weighted by atomic mass is 15.4. The number of rotatable bonds is 1. The summed E-state index contributed by atoms with van der Waals surface area (Å²) in [6.45, 7) is 0. The van der Waals surface area contributed by atoms with Gasteiger partial charge in [-0.1, -0.05) is 6.08 Å². The average molecular weight is 137 g/mol. The number of hydrogen-bond acceptors (Lipinski definition) is 2. The Balaban J connectivity index is 2.58. The molecule has 1 rings (SSSR count). The van der Waals surface area contributed by atoms with E-state index in [0.717, 1.165) is 12.3 Å². The minimum Gasteiger partial charge on any atom is -0.301 e. The fraction of sp³-hybridized carbons (Fsp3) is 0.429. The molecule has 0 saturated heterocycles. The lowest BCUT2D eigenvalue weighted by Crippen LogP contribution is -2.07. The first-order chi connectivity index (χ1) is 4.79. The van der Waals surface area contributed by atoms with Crippen molar-refractivity contribution in [2.45, 2.75) is 6.42 Å². The van der Waals surface area contributed by atoms with Gasteiger partial charge in [-0.25, -0.2) is 4.99 Å². The van der Waals surface area contributed by atoms with Crippen LogP contribution in [0.25, 0.3) is 0 Å². The maximum atomic E-state index is 4.14. The lowest BCUT2D eigenvalue weighted by molar-refractivity contribution is 0.436. The van der Waals surface area contributed by atoms with Crippen molar-refractivity contribution < 1.29 is 0 Å². The molecule has 0 atom stereocenters. The van der Waals surface area contributed by atoms with E-state index in [1.807, 2.05) is 26.2 Å². The molecule has 1 aliphatic rings. The van der Waals surface area contributed by atoms with Gasteiger partial charge < -0.3 is 5.01 Å². The molecule has 0 bridgehead atoms. The zero-order valence-electron chi connectivity index (χ0n) is 6.28. The maximum absolute atomic E-state index is 4.14. The van der Waals surface area contributed by atoms with E-state index < -0.39 is 0 Å². The smallest absolute Gasteiger partial charge is 0.152 e. The highest BCUT2D eigenvalue weighted by molar-refractivity contribution is 5.95. The Morgan fingerprint density at radius 1 is 1.60 bits per heavy atom. The van der Waals surface area contributed by atoms with Gasteiger partial charge in [0.2, 0.25) is 0 Å². The molecule has 3 heteroatoms. The van der Waals surface area contributed by atoms with E-state index in [4.69, 9.17) is 0 Å². The summed E-state index contributed by atoms with van der Waals surface area (Å²) in [5.41, 5.74) is 0. The van der Waals surface area contributed by atoms with E-state index in [-0.39, 0.29) is 0 Å². The summed E-state index contributed by atoms with van der Waals surface area (Å²) in [4.78, 5) is 4.07. The molecule has 1 aliphatic heterocycles. The van der Waals surface area contributed by atoms with Gasteiger partial charge in [0.25, 0.3) is 0 Å². The van der Waals surface area contributed by atoms with Crippen LogP contribution in [0.5, 0.6) is 0 Å². The third-order valence-corrected chi connectivity index (χ3v) is 1.06. The maximum Gasteiger partial charge on any atom is 0.152 e. The van der Waals surface area contributed by atoms with Crippen LogP contribution in [-0.4, -0.2) is 31.2 Å². The SMILES string of the molecule is CN(C)/N=C1\CC=CC=N1. The van der Waals surface area contributed by atoms with Gasteiger partial charge in [0.1, 0.15) is 0 Å². The molecule has 10 heavy (non-hydrogen) atoms. The first-order valence-electron chi connectivity index (χ1n) is 3.23. The highest BCUT2D eigenvalue weighted by Crippen LogP contribution is 1.96. The monoisotopic (exact) mass is 137 g/mol. The van der Waals surface area contributed by atoms with E-state index in [0.29, 0.717) is 0 Å². The number of aliphatic imine (C=N–C) groups is 1. The number of nitrogens with zero attached hydrogens (tertiary/aromatic N) is 3. The summed E-state index contributed by atoms with van der Waals surface area (Å²) in [5.74, 6) is 0.868. The Bertz CT molecular complexity index is 189. The Morgan fingerprint density at radius 3 is 2.90 bits per heavy atom. The second-order valence-corrected chi connectivity index (χ2v) is 2.27. The molecule has 54 valence electrons. The van der Waals surface area contributed by atoms with Gasteiger partial charge in [0.05, 0.1) is 0 Å². The van der Waals surface area contributed by atoms with Gasteiger partial charge in [-0.2, -0.15) is 5.10 Å². The van der Waals surface area contributed by atoms with Gasteiger partial charge >= 0.3 is 0 Å². The number of hydrazone groups is 1. The molecule has 0 fully saturated rings. The summed E-state index contributed by atoms with van der Waals surface area (Å²) < 4.78 is 0. The van der Waals surface area contributed by atoms with Crippen LogP contribution in [0.1, 0.15) is 6.42 Å². The Morgan fingerprint density at radius 2 is 2.40 bits per heavy atom. The summed E-state index contributed by atoms with van der Waals surface area (Å²) in [5, 5.41) is 5.89. The minimum absolute atomic E-state index is 0.842. The summed E-state index contributed by atoms with van der Waals surface area (Å²) in [6, 6.07) is 0. The topological polar surface area (TPSA) is 28.0 Å². The molecule has 0 N–H and O–H groups in total. The van der Waals surface area contributed by atoms with Crippen molar-refractivity contribution >= 4 is 12.1 Å². The molecule has 0 aromatic heterocycles. The van der Waals surface area contributed by atoms with Crippen LogP contribution in [0.4, 0.5) is 0 Å². The molecule has 0 aliphatic carbocycles. The van der Waals surface area contributed by atoms with E-state index in [1.165, 1.54) is 0 Å². The number of dihydropyridines is 1. The third-order valence-electron chi connectivity index (χ3n) is 1.06. The van der Waals surface area contributed by atoms with E-state index in [9.17, 15) is 0 Å². The molecule has 0 aromatic rings. The van der Waals surface area contributed by atoms with Crippen LogP contribution in [0.3, 0.4) is 0 Å². The van der Waals surface area contributed by atoms with E-state index >= 15 is 0 Å². The van der Waals surface area contributed by atoms with Crippen molar-refractivity contribution in [3.8, 4) is 0 Å². The molecule has 1 heterocycles. The largest absolute Gasteiger partial charge is 0.301 e. The zero-order chi connectivity index (χ0) is 7.40. The van der Waals surface area contributed by atoms with E-state index in [2.05, 4.69) is 10.1 Å². The fourth-order valence-electron chi connectivity index (χ4n) is 0.714. The quantitative estimate of drug-likeness (QED) is 0.493. The zero-order valence-corrected chi connectivity index (χ0v) is 6.28. The average Bonchev–Trinajstić information content (AvgIpc) is 1.88. The molecule has 0 aromatic carbocycles. The third kappa shape index (κ3) is 2.01. The van der Waals surface area contributed by atoms with Gasteiger partial charge in [-0.05, 0) is 6.08 Å². The molecule has 0 amide bonds. The van der Waals surface area contributed by atoms with Crippen molar-refractivity contribution in [2.75, 3.05) is 14.1 Å². The fourth-order valence-corrected chi connectivity index (χ4v) is 0.714. The molecule has 0 spiro atoms. The second kappa shape index (κ2) is 3.15. The Kier molecular flexibility index (Phi) is 2.20. The van der Waals surface area contributed by atoms with E-state index in [1.54, 1.807) is 11.2 Å². The van der Waals surface area contributed by atoms with Crippen molar-refractivity contribution in [3.05, 3.63) is 12.2 Å². The number of amidine groups is 1. The standard InChI is InChI=1S/C7H11N3/c1-10(2)9-7-5-3-4-6-8-7/h3-4,6H,5H2,1-2H3/b9-7+. The summed E-state index contributed by atoms with van der Waals surface area (Å²) in [7, 11) is 3.78. The molecule has 0 radical (unpaired) electrons. The minimum atomic E-state index is 0.842. The lowest BCUT2D eigenvalue weighted by Gasteiger charge is -2.06. The molecule has 3 nitrogen and oxygen atoms in total. The van der Waals surface area contributed by atoms with Crippen LogP contribution in [0.2, 0.25) is 0 Å². The van der Waals surface area contributed by atoms with Gasteiger partial charge in [-0.3, -0.25) is 0 Å². The van der Waals surface area contributed by atoms with Gasteiger partial charge in [0, 0.05) is 26.7 Å². The van der Waals surface area contributed by atoms with Gasteiger partial charge in [0.15, 0.2) is 5.84 Å². The van der Waals surface area contributed by atoms with Crippen LogP contribution in [0.15, 0.2) is 22.2 Å². The van der Waals surface area contributed by atoms with Crippen LogP contribution in [-0.2, 0) is 0 Å². The molecule has 0 saturated carbocycles. The molecule has 0 unspecified atom stereocenters. The normalized spacial score (nSPS) is 20.0. The highest BCUT2D eigenvalue weighted by Gasteiger charge is 1.95. The number of allylic oxidation sites excluding steroid dienone is 1. The van der Waals surface area contributed by atoms with Gasteiger partial charge in [-0.15, -0.1) is 0 Å². The number of hydrogen-bond donors (Lipinski definition) is 0. The lowest BCUT2D eigenvalue weighted by atomic mass is 10.3. The van der Waals surface area contributed by atoms with Crippen molar-refractivity contribution in [3.63, 3.8) is 0 Å². The van der Waals surface area contributed by atoms with Crippen LogP contribution < -0.4 is 0 Å². The molecular weight excluding hydrogens is 126 g/mol. The Labute approximate surface area is 60.8 Å². The van der Waals surface area contributed by atoms with Crippen LogP contribution in [0, 0.1) is 0 Å². The van der Waals surface area contributed by atoms with Crippen molar-refractivity contribution in [2.24, 2.45) is 10.1 Å². The first kappa shape index (κ1) is 6.99. The van der Waals surface area contributed by atoms with Crippen molar-refractivity contribution in [1.82, 2.24) is 5.01 Å². The Hall–Kier alpha value is -1.12. The second-order valence-electron chi connectivity index (χ2n) is 2.27. The first-order valence-corrected chi connectivity index (χ1v) is 3.23. The summed E-state index contributed by atoms with van der Waals surface area (Å²) in [6.07, 6.45) is 6.56. The van der Waals surface area contributed by atoms with Crippen molar-refractivity contribution in [1.29, 1.82) is 0 Å². The predicted molar refractivity (Wildman–Crippen MR) is 43.4 cm³/mol.